The number of nitrogens with two attached hydrogens (primary N) is 1. The van der Waals surface area contributed by atoms with Gasteiger partial charge in [-0.25, -0.2) is 9.59 Å². The molecule has 0 saturated carbocycles. The first-order valence-corrected chi connectivity index (χ1v) is 5.32. The van der Waals surface area contributed by atoms with Gasteiger partial charge in [0.05, 0.1) is 6.04 Å². The van der Waals surface area contributed by atoms with Crippen molar-refractivity contribution in [3.63, 3.8) is 0 Å². The van der Waals surface area contributed by atoms with E-state index in [0.717, 1.165) is 0 Å². The van der Waals surface area contributed by atoms with Crippen LogP contribution in [-0.2, 0) is 4.79 Å². The normalized spacial score (nSPS) is 11.4. The number of carbonyl (C=O) groups is 3. The third kappa shape index (κ3) is 8.03. The van der Waals surface area contributed by atoms with Gasteiger partial charge in [-0.1, -0.05) is 0 Å². The summed E-state index contributed by atoms with van der Waals surface area (Å²) < 4.78 is 0. The molecule has 0 aromatic heterocycles. The van der Waals surface area contributed by atoms with E-state index in [1.54, 1.807) is 13.8 Å². The minimum absolute atomic E-state index is 0.314. The molecule has 8 nitrogen and oxygen atoms in total. The molecular weight excluding hydrogens is 226 g/mol. The molecule has 5 amide bonds. The van der Waals surface area contributed by atoms with Crippen LogP contribution in [0.4, 0.5) is 9.59 Å². The van der Waals surface area contributed by atoms with Gasteiger partial charge >= 0.3 is 12.1 Å². The summed E-state index contributed by atoms with van der Waals surface area (Å²) in [6.07, 6.45) is 0. The molecule has 0 aliphatic rings. The predicted octanol–water partition coefficient (Wildman–Crippen LogP) is -1.52. The van der Waals surface area contributed by atoms with Gasteiger partial charge < -0.3 is 21.7 Å². The van der Waals surface area contributed by atoms with Gasteiger partial charge in [-0.15, -0.1) is 0 Å². The minimum Gasteiger partial charge on any atom is -0.352 e. The number of hydrogen-bond acceptors (Lipinski definition) is 4. The zero-order valence-corrected chi connectivity index (χ0v) is 10.0. The average Bonchev–Trinajstić information content (AvgIpc) is 2.23. The lowest BCUT2D eigenvalue weighted by molar-refractivity contribution is -0.121. The molecule has 0 saturated heterocycles. The molecule has 0 rings (SSSR count). The number of nitrogens with one attached hydrogen (secondary N) is 4. The lowest BCUT2D eigenvalue weighted by atomic mass is 10.3. The van der Waals surface area contributed by atoms with Gasteiger partial charge in [-0.3, -0.25) is 10.1 Å². The fourth-order valence-corrected chi connectivity index (χ4v) is 0.992. The van der Waals surface area contributed by atoms with Crippen molar-refractivity contribution in [2.75, 3.05) is 19.6 Å². The van der Waals surface area contributed by atoms with Gasteiger partial charge in [0, 0.05) is 19.6 Å². The zero-order valence-electron chi connectivity index (χ0n) is 10.0. The summed E-state index contributed by atoms with van der Waals surface area (Å²) in [5.41, 5.74) is 4.86. The van der Waals surface area contributed by atoms with Gasteiger partial charge in [0.25, 0.3) is 0 Å². The first-order chi connectivity index (χ1) is 7.97. The Bertz CT molecular complexity index is 282. The summed E-state index contributed by atoms with van der Waals surface area (Å²) in [7, 11) is 0. The van der Waals surface area contributed by atoms with E-state index in [-0.39, 0.29) is 0 Å². The first kappa shape index (κ1) is 15.2. The van der Waals surface area contributed by atoms with Crippen LogP contribution in [0.5, 0.6) is 0 Å². The monoisotopic (exact) mass is 245 g/mol. The van der Waals surface area contributed by atoms with E-state index in [0.29, 0.717) is 19.6 Å². The van der Waals surface area contributed by atoms with Crippen molar-refractivity contribution in [3.8, 4) is 0 Å². The molecule has 8 heteroatoms. The molecule has 1 atom stereocenters. The lowest BCUT2D eigenvalue weighted by Gasteiger charge is -2.13. The molecule has 0 bridgehead atoms. The second-order valence-electron chi connectivity index (χ2n) is 3.32. The highest BCUT2D eigenvalue weighted by atomic mass is 16.2. The highest BCUT2D eigenvalue weighted by Crippen LogP contribution is 1.81. The first-order valence-electron chi connectivity index (χ1n) is 5.32. The molecule has 0 fully saturated rings. The van der Waals surface area contributed by atoms with Crippen LogP contribution in [0.15, 0.2) is 0 Å². The quantitative estimate of drug-likeness (QED) is 0.364. The maximum atomic E-state index is 11.4. The highest BCUT2D eigenvalue weighted by molar-refractivity contribution is 5.96. The van der Waals surface area contributed by atoms with Crippen molar-refractivity contribution in [2.24, 2.45) is 5.73 Å². The summed E-state index contributed by atoms with van der Waals surface area (Å²) in [5, 5.41) is 9.80. The summed E-state index contributed by atoms with van der Waals surface area (Å²) in [6, 6.07) is -1.68. The topological polar surface area (TPSA) is 125 Å². The van der Waals surface area contributed by atoms with Crippen LogP contribution in [0.2, 0.25) is 0 Å². The molecule has 0 aliphatic heterocycles. The number of hydrogen-bond donors (Lipinski definition) is 5. The largest absolute Gasteiger partial charge is 0.352 e. The standard InChI is InChI=1S/C9H19N5O3/c1-3-11-9(17)14-7(15)6(2)12-4-5-13-8(10)16/h6,12H,3-5H2,1-2H3,(H3,10,13,16)(H2,11,14,15,17). The van der Waals surface area contributed by atoms with E-state index in [1.807, 2.05) is 0 Å². The molecule has 0 aliphatic carbocycles. The van der Waals surface area contributed by atoms with Crippen molar-refractivity contribution in [2.45, 2.75) is 19.9 Å². The minimum atomic E-state index is -0.619. The van der Waals surface area contributed by atoms with Crippen molar-refractivity contribution in [3.05, 3.63) is 0 Å². The summed E-state index contributed by atoms with van der Waals surface area (Å²) >= 11 is 0. The molecule has 0 aromatic carbocycles. The zero-order chi connectivity index (χ0) is 13.3. The Morgan fingerprint density at radius 3 is 2.35 bits per heavy atom. The van der Waals surface area contributed by atoms with E-state index >= 15 is 0 Å². The molecule has 6 N–H and O–H groups in total. The Labute approximate surface area is 99.7 Å². The van der Waals surface area contributed by atoms with Crippen LogP contribution in [0, 0.1) is 0 Å². The Kier molecular flexibility index (Phi) is 7.44. The number of urea groups is 2. The lowest BCUT2D eigenvalue weighted by Crippen LogP contribution is -2.49. The van der Waals surface area contributed by atoms with Gasteiger partial charge in [-0.05, 0) is 13.8 Å². The van der Waals surface area contributed by atoms with Gasteiger partial charge in [-0.2, -0.15) is 0 Å². The number of rotatable bonds is 6. The van der Waals surface area contributed by atoms with E-state index in [2.05, 4.69) is 21.3 Å². The molecule has 98 valence electrons. The molecule has 17 heavy (non-hydrogen) atoms. The second kappa shape index (κ2) is 8.34. The average molecular weight is 245 g/mol. The SMILES string of the molecule is CCNC(=O)NC(=O)C(C)NCCNC(N)=O. The van der Waals surface area contributed by atoms with Crippen molar-refractivity contribution < 1.29 is 14.4 Å². The Morgan fingerprint density at radius 1 is 1.18 bits per heavy atom. The van der Waals surface area contributed by atoms with Crippen LogP contribution in [-0.4, -0.2) is 43.6 Å². The fourth-order valence-electron chi connectivity index (χ4n) is 0.992. The molecular formula is C9H19N5O3. The Balaban J connectivity index is 3.74. The van der Waals surface area contributed by atoms with E-state index in [4.69, 9.17) is 5.73 Å². The Morgan fingerprint density at radius 2 is 1.82 bits per heavy atom. The summed E-state index contributed by atoms with van der Waals surface area (Å²) in [6.45, 7) is 4.50. The van der Waals surface area contributed by atoms with Crippen LogP contribution < -0.4 is 27.0 Å². The highest BCUT2D eigenvalue weighted by Gasteiger charge is 2.14. The van der Waals surface area contributed by atoms with E-state index in [1.165, 1.54) is 0 Å². The number of primary amides is 1. The van der Waals surface area contributed by atoms with Crippen LogP contribution in [0.1, 0.15) is 13.8 Å². The maximum Gasteiger partial charge on any atom is 0.321 e. The number of carbonyl (C=O) groups excluding carboxylic acids is 3. The predicted molar refractivity (Wildman–Crippen MR) is 62.3 cm³/mol. The Hall–Kier alpha value is -1.83. The van der Waals surface area contributed by atoms with Crippen molar-refractivity contribution in [1.82, 2.24) is 21.3 Å². The molecule has 0 radical (unpaired) electrons. The molecule has 1 unspecified atom stereocenters. The maximum absolute atomic E-state index is 11.4. The summed E-state index contributed by atoms with van der Waals surface area (Å²) in [5.74, 6) is -0.435. The van der Waals surface area contributed by atoms with Crippen molar-refractivity contribution >= 4 is 18.0 Å². The third-order valence-corrected chi connectivity index (χ3v) is 1.84. The summed E-state index contributed by atoms with van der Waals surface area (Å²) in [4.78, 5) is 32.8. The van der Waals surface area contributed by atoms with E-state index < -0.39 is 24.0 Å². The third-order valence-electron chi connectivity index (χ3n) is 1.84. The second-order valence-corrected chi connectivity index (χ2v) is 3.32. The van der Waals surface area contributed by atoms with Gasteiger partial charge in [0.1, 0.15) is 0 Å². The van der Waals surface area contributed by atoms with Crippen LogP contribution >= 0.6 is 0 Å². The number of imide groups is 1. The molecule has 0 heterocycles. The van der Waals surface area contributed by atoms with E-state index in [9.17, 15) is 14.4 Å². The smallest absolute Gasteiger partial charge is 0.321 e. The number of amides is 5. The van der Waals surface area contributed by atoms with Gasteiger partial charge in [0.15, 0.2) is 0 Å². The van der Waals surface area contributed by atoms with Gasteiger partial charge in [0.2, 0.25) is 5.91 Å². The van der Waals surface area contributed by atoms with Crippen LogP contribution in [0.25, 0.3) is 0 Å². The van der Waals surface area contributed by atoms with Crippen molar-refractivity contribution in [1.29, 1.82) is 0 Å². The molecule has 0 aromatic rings. The molecule has 0 spiro atoms. The van der Waals surface area contributed by atoms with Crippen LogP contribution in [0.3, 0.4) is 0 Å². The fraction of sp³-hybridized carbons (Fsp3) is 0.667.